The Bertz CT molecular complexity index is 160. The van der Waals surface area contributed by atoms with Crippen LogP contribution < -0.4 is 5.73 Å². The van der Waals surface area contributed by atoms with Gasteiger partial charge >= 0.3 is 11.9 Å². The van der Waals surface area contributed by atoms with E-state index in [0.29, 0.717) is 6.42 Å². The second-order valence-electron chi connectivity index (χ2n) is 2.48. The molecule has 0 radical (unpaired) electrons. The van der Waals surface area contributed by atoms with Crippen LogP contribution in [0.1, 0.15) is 13.3 Å². The molecule has 4 heteroatoms. The van der Waals surface area contributed by atoms with Gasteiger partial charge in [-0.3, -0.25) is 4.79 Å². The Morgan fingerprint density at radius 1 is 1.50 bits per heavy atom. The van der Waals surface area contributed by atoms with Gasteiger partial charge in [0.1, 0.15) is 6.04 Å². The minimum Gasteiger partial charge on any atom is -0.392 e. The van der Waals surface area contributed by atoms with Gasteiger partial charge in [0.2, 0.25) is 0 Å². The van der Waals surface area contributed by atoms with Crippen molar-refractivity contribution in [1.29, 1.82) is 0 Å². The zero-order valence-corrected chi connectivity index (χ0v) is 5.66. The number of hydrogen-bond donors (Lipinski definition) is 1. The highest BCUT2D eigenvalue weighted by Gasteiger charge is 2.31. The molecule has 0 aliphatic carbocycles. The summed E-state index contributed by atoms with van der Waals surface area (Å²) >= 11 is 0. The van der Waals surface area contributed by atoms with Gasteiger partial charge in [-0.25, -0.2) is 4.79 Å². The van der Waals surface area contributed by atoms with Crippen LogP contribution in [-0.2, 0) is 14.3 Å². The van der Waals surface area contributed by atoms with E-state index in [-0.39, 0.29) is 5.92 Å². The minimum absolute atomic E-state index is 0.243. The summed E-state index contributed by atoms with van der Waals surface area (Å²) in [4.78, 5) is 21.2. The molecule has 1 saturated heterocycles. The molecule has 0 aromatic heterocycles. The fourth-order valence-corrected chi connectivity index (χ4v) is 0.849. The van der Waals surface area contributed by atoms with E-state index in [1.54, 1.807) is 6.92 Å². The highest BCUT2D eigenvalue weighted by atomic mass is 16.6. The molecule has 1 aliphatic rings. The lowest BCUT2D eigenvalue weighted by Crippen LogP contribution is -2.42. The number of ether oxygens (including phenoxy) is 1. The summed E-state index contributed by atoms with van der Waals surface area (Å²) in [6.07, 6.45) is 0.400. The molecule has 1 rings (SSSR count). The normalized spacial score (nSPS) is 33.8. The first-order valence-electron chi connectivity index (χ1n) is 3.12. The standard InChI is InChI=1S/C6H9NO3/c1-3-2-4(7)6(9)10-5(3)8/h3-4H,2,7H2,1H3/t3?,4-/m0/s1. The fraction of sp³-hybridized carbons (Fsp3) is 0.667. The number of esters is 2. The number of carbonyl (C=O) groups is 2. The number of nitrogens with two attached hydrogens (primary N) is 1. The maximum Gasteiger partial charge on any atom is 0.330 e. The van der Waals surface area contributed by atoms with Crippen LogP contribution in [0.2, 0.25) is 0 Å². The number of carbonyl (C=O) groups excluding carboxylic acids is 2. The van der Waals surface area contributed by atoms with Gasteiger partial charge in [0.15, 0.2) is 0 Å². The van der Waals surface area contributed by atoms with Gasteiger partial charge in [-0.15, -0.1) is 0 Å². The quantitative estimate of drug-likeness (QED) is 0.364. The lowest BCUT2D eigenvalue weighted by atomic mass is 10.0. The average molecular weight is 143 g/mol. The second kappa shape index (κ2) is 2.38. The van der Waals surface area contributed by atoms with Crippen LogP contribution in [0.5, 0.6) is 0 Å². The van der Waals surface area contributed by atoms with E-state index in [0.717, 1.165) is 0 Å². The topological polar surface area (TPSA) is 69.4 Å². The average Bonchev–Trinajstić information content (AvgIpc) is 1.84. The zero-order valence-electron chi connectivity index (χ0n) is 5.66. The predicted molar refractivity (Wildman–Crippen MR) is 32.9 cm³/mol. The van der Waals surface area contributed by atoms with Crippen LogP contribution in [-0.4, -0.2) is 18.0 Å². The molecular formula is C6H9NO3. The van der Waals surface area contributed by atoms with Crippen LogP contribution in [0.15, 0.2) is 0 Å². The smallest absolute Gasteiger partial charge is 0.330 e. The number of cyclic esters (lactones) is 2. The van der Waals surface area contributed by atoms with E-state index in [9.17, 15) is 9.59 Å². The highest BCUT2D eigenvalue weighted by molar-refractivity contribution is 5.92. The molecule has 0 aromatic rings. The van der Waals surface area contributed by atoms with Gasteiger partial charge in [0.25, 0.3) is 0 Å². The summed E-state index contributed by atoms with van der Waals surface area (Å²) in [6, 6.07) is -0.618. The first-order valence-corrected chi connectivity index (χ1v) is 3.12. The third-order valence-electron chi connectivity index (χ3n) is 1.51. The SMILES string of the molecule is CC1C[C@H](N)C(=O)OC1=O. The molecule has 2 atom stereocenters. The van der Waals surface area contributed by atoms with Crippen molar-refractivity contribution in [3.63, 3.8) is 0 Å². The summed E-state index contributed by atoms with van der Waals surface area (Å²) < 4.78 is 4.31. The monoisotopic (exact) mass is 143 g/mol. The summed E-state index contributed by atoms with van der Waals surface area (Å²) in [5.41, 5.74) is 5.30. The Kier molecular flexibility index (Phi) is 1.72. The molecule has 0 spiro atoms. The molecule has 1 aliphatic heterocycles. The van der Waals surface area contributed by atoms with Gasteiger partial charge in [0, 0.05) is 0 Å². The van der Waals surface area contributed by atoms with Crippen molar-refractivity contribution in [1.82, 2.24) is 0 Å². The van der Waals surface area contributed by atoms with Gasteiger partial charge in [-0.1, -0.05) is 6.92 Å². The van der Waals surface area contributed by atoms with Crippen LogP contribution in [0.25, 0.3) is 0 Å². The van der Waals surface area contributed by atoms with E-state index >= 15 is 0 Å². The fourth-order valence-electron chi connectivity index (χ4n) is 0.849. The van der Waals surface area contributed by atoms with Gasteiger partial charge in [0.05, 0.1) is 5.92 Å². The lowest BCUT2D eigenvalue weighted by Gasteiger charge is -2.20. The van der Waals surface area contributed by atoms with E-state index in [2.05, 4.69) is 4.74 Å². The van der Waals surface area contributed by atoms with Crippen LogP contribution >= 0.6 is 0 Å². The van der Waals surface area contributed by atoms with E-state index in [1.165, 1.54) is 0 Å². The molecule has 1 fully saturated rings. The van der Waals surface area contributed by atoms with Crippen molar-refractivity contribution in [3.8, 4) is 0 Å². The van der Waals surface area contributed by atoms with Gasteiger partial charge in [-0.2, -0.15) is 0 Å². The van der Waals surface area contributed by atoms with Gasteiger partial charge in [-0.05, 0) is 6.42 Å². The third-order valence-corrected chi connectivity index (χ3v) is 1.51. The summed E-state index contributed by atoms with van der Waals surface area (Å²) in [5, 5.41) is 0. The van der Waals surface area contributed by atoms with E-state index in [1.807, 2.05) is 0 Å². The Labute approximate surface area is 58.3 Å². The molecule has 2 N–H and O–H groups in total. The molecule has 0 aromatic carbocycles. The van der Waals surface area contributed by atoms with Crippen molar-refractivity contribution in [2.24, 2.45) is 11.7 Å². The van der Waals surface area contributed by atoms with E-state index < -0.39 is 18.0 Å². The molecule has 1 unspecified atom stereocenters. The number of hydrogen-bond acceptors (Lipinski definition) is 4. The van der Waals surface area contributed by atoms with Crippen molar-refractivity contribution in [2.45, 2.75) is 19.4 Å². The number of rotatable bonds is 0. The largest absolute Gasteiger partial charge is 0.392 e. The third kappa shape index (κ3) is 1.16. The Balaban J connectivity index is 2.63. The summed E-state index contributed by atoms with van der Waals surface area (Å²) in [7, 11) is 0. The van der Waals surface area contributed by atoms with Crippen molar-refractivity contribution in [2.75, 3.05) is 0 Å². The summed E-state index contributed by atoms with van der Waals surface area (Å²) in [5.74, 6) is -1.32. The lowest BCUT2D eigenvalue weighted by molar-refractivity contribution is -0.168. The van der Waals surface area contributed by atoms with Crippen molar-refractivity contribution < 1.29 is 14.3 Å². The molecule has 1 heterocycles. The Morgan fingerprint density at radius 2 is 2.10 bits per heavy atom. The van der Waals surface area contributed by atoms with Crippen molar-refractivity contribution in [3.05, 3.63) is 0 Å². The minimum atomic E-state index is -0.618. The maximum absolute atomic E-state index is 10.7. The second-order valence-corrected chi connectivity index (χ2v) is 2.48. The van der Waals surface area contributed by atoms with Crippen LogP contribution in [0.3, 0.4) is 0 Å². The van der Waals surface area contributed by atoms with Crippen molar-refractivity contribution >= 4 is 11.9 Å². The first-order chi connectivity index (χ1) is 4.61. The maximum atomic E-state index is 10.7. The molecular weight excluding hydrogens is 134 g/mol. The molecule has 0 bridgehead atoms. The Morgan fingerprint density at radius 3 is 2.60 bits per heavy atom. The predicted octanol–water partition coefficient (Wildman–Crippen LogP) is -0.577. The molecule has 56 valence electrons. The molecule has 0 saturated carbocycles. The van der Waals surface area contributed by atoms with Crippen LogP contribution in [0.4, 0.5) is 0 Å². The molecule has 4 nitrogen and oxygen atoms in total. The van der Waals surface area contributed by atoms with Crippen LogP contribution in [0, 0.1) is 5.92 Å². The van der Waals surface area contributed by atoms with Gasteiger partial charge < -0.3 is 10.5 Å². The zero-order chi connectivity index (χ0) is 7.72. The Hall–Kier alpha value is -0.900. The summed E-state index contributed by atoms with van der Waals surface area (Å²) in [6.45, 7) is 1.69. The molecule has 10 heavy (non-hydrogen) atoms. The highest BCUT2D eigenvalue weighted by Crippen LogP contribution is 2.13. The molecule has 0 amide bonds. The first kappa shape index (κ1) is 7.21. The van der Waals surface area contributed by atoms with E-state index in [4.69, 9.17) is 5.73 Å².